The van der Waals surface area contributed by atoms with Crippen molar-refractivity contribution >= 4 is 10.0 Å². The van der Waals surface area contributed by atoms with Crippen LogP contribution >= 0.6 is 0 Å². The first-order valence-electron chi connectivity index (χ1n) is 5.35. The fourth-order valence-electron chi connectivity index (χ4n) is 1.50. The fourth-order valence-corrected chi connectivity index (χ4v) is 2.65. The molecule has 92 valence electrons. The van der Waals surface area contributed by atoms with Crippen molar-refractivity contribution in [3.8, 4) is 12.1 Å². The van der Waals surface area contributed by atoms with E-state index in [9.17, 15) is 8.42 Å². The van der Waals surface area contributed by atoms with Crippen LogP contribution in [0, 0.1) is 28.6 Å². The molecule has 1 atom stereocenters. The smallest absolute Gasteiger partial charge is 0.243 e. The molecule has 0 bridgehead atoms. The van der Waals surface area contributed by atoms with Crippen molar-refractivity contribution in [3.05, 3.63) is 24.0 Å². The standard InChI is InChI=1S/C11H10N4O2S/c12-5-9-3-4-10(7-14-9)18(16,17)15-11(6-13)8-1-2-8/h3-4,7-8,11,15H,1-2H2. The molecule has 1 fully saturated rings. The molecule has 0 aliphatic heterocycles. The van der Waals surface area contributed by atoms with Crippen molar-refractivity contribution < 1.29 is 8.42 Å². The molecule has 1 heterocycles. The van der Waals surface area contributed by atoms with Gasteiger partial charge in [-0.25, -0.2) is 13.4 Å². The molecule has 1 aliphatic carbocycles. The summed E-state index contributed by atoms with van der Waals surface area (Å²) in [7, 11) is -3.75. The van der Waals surface area contributed by atoms with E-state index in [2.05, 4.69) is 9.71 Å². The first-order valence-corrected chi connectivity index (χ1v) is 6.83. The summed E-state index contributed by atoms with van der Waals surface area (Å²) in [4.78, 5) is 3.65. The summed E-state index contributed by atoms with van der Waals surface area (Å²) >= 11 is 0. The Balaban J connectivity index is 2.19. The number of sulfonamides is 1. The van der Waals surface area contributed by atoms with Gasteiger partial charge in [0.1, 0.15) is 22.7 Å². The number of hydrogen-bond acceptors (Lipinski definition) is 5. The van der Waals surface area contributed by atoms with E-state index in [1.165, 1.54) is 12.1 Å². The van der Waals surface area contributed by atoms with Crippen molar-refractivity contribution in [3.63, 3.8) is 0 Å². The Morgan fingerprint density at radius 3 is 2.56 bits per heavy atom. The van der Waals surface area contributed by atoms with Gasteiger partial charge in [0.25, 0.3) is 0 Å². The monoisotopic (exact) mass is 262 g/mol. The minimum Gasteiger partial charge on any atom is -0.244 e. The molecule has 1 aromatic heterocycles. The summed E-state index contributed by atoms with van der Waals surface area (Å²) < 4.78 is 26.2. The van der Waals surface area contributed by atoms with Crippen LogP contribution in [0.25, 0.3) is 0 Å². The Morgan fingerprint density at radius 2 is 2.11 bits per heavy atom. The zero-order chi connectivity index (χ0) is 13.2. The Labute approximate surface area is 105 Å². The molecule has 6 nitrogen and oxygen atoms in total. The summed E-state index contributed by atoms with van der Waals surface area (Å²) in [5.41, 5.74) is 0.146. The van der Waals surface area contributed by atoms with E-state index in [0.29, 0.717) is 0 Å². The highest BCUT2D eigenvalue weighted by Gasteiger charge is 2.34. The number of nitrogens with zero attached hydrogens (tertiary/aromatic N) is 3. The minimum absolute atomic E-state index is 0.0394. The van der Waals surface area contributed by atoms with Gasteiger partial charge >= 0.3 is 0 Å². The maximum absolute atomic E-state index is 11.9. The summed E-state index contributed by atoms with van der Waals surface area (Å²) in [6.07, 6.45) is 2.85. The number of nitriles is 2. The van der Waals surface area contributed by atoms with Crippen molar-refractivity contribution in [1.82, 2.24) is 9.71 Å². The number of nitrogens with one attached hydrogen (secondary N) is 1. The third-order valence-corrected chi connectivity index (χ3v) is 4.10. The fraction of sp³-hybridized carbons (Fsp3) is 0.364. The van der Waals surface area contributed by atoms with Gasteiger partial charge in [0.05, 0.1) is 6.07 Å². The average Bonchev–Trinajstić information content (AvgIpc) is 3.20. The highest BCUT2D eigenvalue weighted by molar-refractivity contribution is 7.89. The maximum atomic E-state index is 11.9. The van der Waals surface area contributed by atoms with Crippen LogP contribution in [-0.2, 0) is 10.0 Å². The number of pyridine rings is 1. The molecule has 1 saturated carbocycles. The second kappa shape index (κ2) is 4.73. The van der Waals surface area contributed by atoms with Crippen molar-refractivity contribution in [2.24, 2.45) is 5.92 Å². The van der Waals surface area contributed by atoms with Crippen molar-refractivity contribution in [2.75, 3.05) is 0 Å². The lowest BCUT2D eigenvalue weighted by Gasteiger charge is -2.10. The lowest BCUT2D eigenvalue weighted by atomic mass is 10.2. The van der Waals surface area contributed by atoms with Gasteiger partial charge in [-0.15, -0.1) is 0 Å². The third kappa shape index (κ3) is 2.65. The summed E-state index contributed by atoms with van der Waals surface area (Å²) in [5.74, 6) is 0.108. The molecular weight excluding hydrogens is 252 g/mol. The van der Waals surface area contributed by atoms with E-state index in [-0.39, 0.29) is 16.5 Å². The van der Waals surface area contributed by atoms with Crippen LogP contribution in [0.15, 0.2) is 23.2 Å². The second-order valence-corrected chi connectivity index (χ2v) is 5.77. The van der Waals surface area contributed by atoms with Gasteiger partial charge in [0, 0.05) is 6.20 Å². The Morgan fingerprint density at radius 1 is 1.39 bits per heavy atom. The molecule has 2 rings (SSSR count). The van der Waals surface area contributed by atoms with Crippen LogP contribution in [0.3, 0.4) is 0 Å². The third-order valence-electron chi connectivity index (χ3n) is 2.68. The first kappa shape index (κ1) is 12.5. The number of rotatable bonds is 4. The second-order valence-electron chi connectivity index (χ2n) is 4.06. The molecule has 1 unspecified atom stereocenters. The van der Waals surface area contributed by atoms with E-state index >= 15 is 0 Å². The molecule has 1 N–H and O–H groups in total. The predicted molar refractivity (Wildman–Crippen MR) is 61.4 cm³/mol. The van der Waals surface area contributed by atoms with Gasteiger partial charge in [-0.3, -0.25) is 0 Å². The molecule has 1 aromatic rings. The van der Waals surface area contributed by atoms with E-state index in [1.54, 1.807) is 0 Å². The van der Waals surface area contributed by atoms with Gasteiger partial charge in [-0.2, -0.15) is 15.2 Å². The van der Waals surface area contributed by atoms with Crippen LogP contribution in [0.2, 0.25) is 0 Å². The Kier molecular flexibility index (Phi) is 3.28. The highest BCUT2D eigenvalue weighted by Crippen LogP contribution is 2.32. The van der Waals surface area contributed by atoms with Gasteiger partial charge in [0.2, 0.25) is 10.0 Å². The van der Waals surface area contributed by atoms with E-state index in [4.69, 9.17) is 10.5 Å². The Hall–Kier alpha value is -1.96. The largest absolute Gasteiger partial charge is 0.244 e. The molecule has 0 aromatic carbocycles. The molecule has 1 aliphatic rings. The molecule has 0 radical (unpaired) electrons. The number of hydrogen-bond donors (Lipinski definition) is 1. The van der Waals surface area contributed by atoms with Gasteiger partial charge in [0.15, 0.2) is 0 Å². The van der Waals surface area contributed by atoms with E-state index in [0.717, 1.165) is 19.0 Å². The Bertz CT molecular complexity index is 620. The highest BCUT2D eigenvalue weighted by atomic mass is 32.2. The molecule has 0 saturated heterocycles. The molecule has 18 heavy (non-hydrogen) atoms. The van der Waals surface area contributed by atoms with Crippen molar-refractivity contribution in [2.45, 2.75) is 23.8 Å². The van der Waals surface area contributed by atoms with Crippen LogP contribution in [-0.4, -0.2) is 19.4 Å². The van der Waals surface area contributed by atoms with Crippen LogP contribution in [0.4, 0.5) is 0 Å². The van der Waals surface area contributed by atoms with Crippen LogP contribution in [0.1, 0.15) is 18.5 Å². The van der Waals surface area contributed by atoms with Gasteiger partial charge in [-0.1, -0.05) is 0 Å². The zero-order valence-electron chi connectivity index (χ0n) is 9.37. The maximum Gasteiger partial charge on any atom is 0.243 e. The normalized spacial score (nSPS) is 16.6. The van der Waals surface area contributed by atoms with Gasteiger partial charge in [-0.05, 0) is 30.9 Å². The van der Waals surface area contributed by atoms with Crippen LogP contribution in [0.5, 0.6) is 0 Å². The summed E-state index contributed by atoms with van der Waals surface area (Å²) in [5, 5.41) is 17.5. The van der Waals surface area contributed by atoms with E-state index < -0.39 is 16.1 Å². The molecule has 0 spiro atoms. The topological polar surface area (TPSA) is 107 Å². The lowest BCUT2D eigenvalue weighted by Crippen LogP contribution is -2.35. The summed E-state index contributed by atoms with van der Waals surface area (Å²) in [6.45, 7) is 0. The van der Waals surface area contributed by atoms with Crippen LogP contribution < -0.4 is 4.72 Å². The number of aromatic nitrogens is 1. The predicted octanol–water partition coefficient (Wildman–Crippen LogP) is 0.534. The molecular formula is C11H10N4O2S. The molecule has 7 heteroatoms. The van der Waals surface area contributed by atoms with Gasteiger partial charge < -0.3 is 0 Å². The average molecular weight is 262 g/mol. The summed E-state index contributed by atoms with van der Waals surface area (Å²) in [6, 6.07) is 5.69. The first-order chi connectivity index (χ1) is 8.56. The lowest BCUT2D eigenvalue weighted by molar-refractivity contribution is 0.559. The zero-order valence-corrected chi connectivity index (χ0v) is 10.2. The minimum atomic E-state index is -3.75. The van der Waals surface area contributed by atoms with E-state index in [1.807, 2.05) is 12.1 Å². The molecule has 0 amide bonds. The van der Waals surface area contributed by atoms with Crippen molar-refractivity contribution in [1.29, 1.82) is 10.5 Å². The SMILES string of the molecule is N#Cc1ccc(S(=O)(=O)NC(C#N)C2CC2)cn1. The quantitative estimate of drug-likeness (QED) is 0.851.